The average Bonchev–Trinajstić information content (AvgIpc) is 3.40. The molecule has 33 heavy (non-hydrogen) atoms. The lowest BCUT2D eigenvalue weighted by Gasteiger charge is -2.44. The summed E-state index contributed by atoms with van der Waals surface area (Å²) in [5.74, 6) is 5.10. The first kappa shape index (κ1) is 26.8. The van der Waals surface area contributed by atoms with Crippen molar-refractivity contribution >= 4 is 6.85 Å². The second kappa shape index (κ2) is 13.4. The first-order valence-corrected chi connectivity index (χ1v) is 14.7. The van der Waals surface area contributed by atoms with Gasteiger partial charge in [0.25, 0.3) is 0 Å². The third-order valence-electron chi connectivity index (χ3n) is 9.33. The smallest absolute Gasteiger partial charge is 0.230 e. The molecule has 2 heteroatoms. The van der Waals surface area contributed by atoms with Gasteiger partial charge < -0.3 is 4.81 Å². The third-order valence-corrected chi connectivity index (χ3v) is 9.33. The second-order valence-corrected chi connectivity index (χ2v) is 12.2. The van der Waals surface area contributed by atoms with Gasteiger partial charge in [0, 0.05) is 0 Å². The van der Waals surface area contributed by atoms with Crippen molar-refractivity contribution in [2.24, 2.45) is 23.7 Å². The lowest BCUT2D eigenvalue weighted by molar-refractivity contribution is 0.286. The topological polar surface area (TPSA) is 3.24 Å². The highest BCUT2D eigenvalue weighted by Crippen LogP contribution is 2.56. The van der Waals surface area contributed by atoms with Crippen LogP contribution in [0.1, 0.15) is 112 Å². The van der Waals surface area contributed by atoms with E-state index in [2.05, 4.69) is 76.4 Å². The average molecular weight is 452 g/mol. The van der Waals surface area contributed by atoms with Gasteiger partial charge in [0.05, 0.1) is 0 Å². The summed E-state index contributed by atoms with van der Waals surface area (Å²) in [5, 5.41) is 0. The maximum atomic E-state index is 3.94. The minimum Gasteiger partial charge on any atom is -0.337 e. The highest BCUT2D eigenvalue weighted by Gasteiger charge is 2.51. The van der Waals surface area contributed by atoms with Crippen LogP contribution in [0.25, 0.3) is 0 Å². The summed E-state index contributed by atoms with van der Waals surface area (Å²) in [6.07, 6.45) is 28.9. The van der Waals surface area contributed by atoms with Crippen molar-refractivity contribution in [1.82, 2.24) is 4.81 Å². The molecule has 0 bridgehead atoms. The summed E-state index contributed by atoms with van der Waals surface area (Å²) in [4.78, 5) is 2.95. The van der Waals surface area contributed by atoms with Crippen molar-refractivity contribution in [1.29, 1.82) is 0 Å². The van der Waals surface area contributed by atoms with Crippen LogP contribution in [-0.2, 0) is 0 Å². The van der Waals surface area contributed by atoms with Crippen LogP contribution in [0.4, 0.5) is 0 Å². The highest BCUT2D eigenvalue weighted by atomic mass is 15.1. The number of nitrogens with zero attached hydrogens (tertiary/aromatic N) is 1. The molecule has 0 aromatic heterocycles. The Morgan fingerprint density at radius 1 is 0.909 bits per heavy atom. The van der Waals surface area contributed by atoms with Crippen LogP contribution in [0.2, 0.25) is 11.6 Å². The van der Waals surface area contributed by atoms with E-state index in [-0.39, 0.29) is 0 Å². The molecule has 0 radical (unpaired) electrons. The summed E-state index contributed by atoms with van der Waals surface area (Å²) < 4.78 is 0. The molecule has 0 aromatic carbocycles. The van der Waals surface area contributed by atoms with Gasteiger partial charge in [-0.3, -0.25) is 0 Å². The molecule has 0 aromatic rings. The standard InChI is InChI=1S/C31H54BN/c1-7-9-11-13-17-27-23-31(30-19-15-14-18-29(27)30)32(33(24(3)4)25(5)6)28-21-20-26(22-28)16-12-10-8-2/h8,14-15,18-19,24-31H,2,7,9-13,16-17,20-23H2,1,3-6H3. The minimum absolute atomic E-state index is 0.625. The van der Waals surface area contributed by atoms with Crippen molar-refractivity contribution in [2.45, 2.75) is 135 Å². The molecule has 3 aliphatic rings. The predicted octanol–water partition coefficient (Wildman–Crippen LogP) is 9.34. The molecule has 3 rings (SSSR count). The van der Waals surface area contributed by atoms with Gasteiger partial charge in [-0.1, -0.05) is 123 Å². The molecule has 0 saturated heterocycles. The van der Waals surface area contributed by atoms with Crippen LogP contribution in [0.15, 0.2) is 37.0 Å². The second-order valence-electron chi connectivity index (χ2n) is 12.2. The van der Waals surface area contributed by atoms with E-state index in [0.717, 1.165) is 42.2 Å². The Balaban J connectivity index is 1.79. The van der Waals surface area contributed by atoms with Gasteiger partial charge in [-0.05, 0) is 66.7 Å². The number of rotatable bonds is 14. The molecule has 2 saturated carbocycles. The molecular weight excluding hydrogens is 397 g/mol. The molecule has 0 aliphatic heterocycles. The summed E-state index contributed by atoms with van der Waals surface area (Å²) >= 11 is 0. The van der Waals surface area contributed by atoms with Gasteiger partial charge in [0.1, 0.15) is 0 Å². The third kappa shape index (κ3) is 6.90. The summed E-state index contributed by atoms with van der Waals surface area (Å²) in [6, 6.07) is 1.25. The van der Waals surface area contributed by atoms with Gasteiger partial charge in [-0.15, -0.1) is 6.58 Å². The number of allylic oxidation sites excluding steroid dienone is 5. The maximum absolute atomic E-state index is 3.94. The zero-order chi connectivity index (χ0) is 23.8. The molecule has 0 spiro atoms. The van der Waals surface area contributed by atoms with E-state index in [4.69, 9.17) is 0 Å². The Morgan fingerprint density at radius 3 is 2.30 bits per heavy atom. The van der Waals surface area contributed by atoms with Crippen LogP contribution < -0.4 is 0 Å². The Morgan fingerprint density at radius 2 is 1.64 bits per heavy atom. The van der Waals surface area contributed by atoms with Crippen molar-refractivity contribution < 1.29 is 0 Å². The molecule has 1 nitrogen and oxygen atoms in total. The number of hydrogen-bond acceptors (Lipinski definition) is 1. The van der Waals surface area contributed by atoms with Crippen molar-refractivity contribution in [3.05, 3.63) is 37.0 Å². The number of hydrogen-bond donors (Lipinski definition) is 0. The lowest BCUT2D eigenvalue weighted by atomic mass is 9.38. The molecule has 0 heterocycles. The zero-order valence-corrected chi connectivity index (χ0v) is 22.7. The fourth-order valence-electron chi connectivity index (χ4n) is 8.05. The Hall–Kier alpha value is -0.755. The number of unbranched alkanes of at least 4 members (excludes halogenated alkanes) is 4. The van der Waals surface area contributed by atoms with E-state index in [1.807, 2.05) is 0 Å². The van der Waals surface area contributed by atoms with Gasteiger partial charge in [0.2, 0.25) is 6.85 Å². The van der Waals surface area contributed by atoms with Gasteiger partial charge in [-0.25, -0.2) is 0 Å². The predicted molar refractivity (Wildman–Crippen MR) is 149 cm³/mol. The molecular formula is C31H54BN. The maximum Gasteiger partial charge on any atom is 0.230 e. The van der Waals surface area contributed by atoms with Crippen molar-refractivity contribution in [3.8, 4) is 0 Å². The molecule has 0 N–H and O–H groups in total. The van der Waals surface area contributed by atoms with Crippen molar-refractivity contribution in [2.75, 3.05) is 0 Å². The van der Waals surface area contributed by atoms with E-state index in [0.29, 0.717) is 12.1 Å². The van der Waals surface area contributed by atoms with Crippen LogP contribution in [0, 0.1) is 23.7 Å². The Labute approximate surface area is 207 Å². The molecule has 186 valence electrons. The normalized spacial score (nSPS) is 31.2. The van der Waals surface area contributed by atoms with Gasteiger partial charge in [0.15, 0.2) is 0 Å². The van der Waals surface area contributed by atoms with Gasteiger partial charge >= 0.3 is 0 Å². The van der Waals surface area contributed by atoms with E-state index < -0.39 is 0 Å². The van der Waals surface area contributed by atoms with Crippen LogP contribution in [0.5, 0.6) is 0 Å². The van der Waals surface area contributed by atoms with Crippen LogP contribution in [0.3, 0.4) is 0 Å². The summed E-state index contributed by atoms with van der Waals surface area (Å²) in [5.41, 5.74) is 0. The zero-order valence-electron chi connectivity index (χ0n) is 22.7. The van der Waals surface area contributed by atoms with E-state index in [9.17, 15) is 0 Å². The van der Waals surface area contributed by atoms with E-state index in [1.54, 1.807) is 0 Å². The molecule has 0 amide bonds. The SMILES string of the molecule is C=CCCCC1CCC(B(C2CC(CCCCCC)C3C=CC=CC23)N(C(C)C)C(C)C)C1. The lowest BCUT2D eigenvalue weighted by Crippen LogP contribution is -2.53. The minimum atomic E-state index is 0.625. The first-order chi connectivity index (χ1) is 16.0. The van der Waals surface area contributed by atoms with Crippen LogP contribution >= 0.6 is 0 Å². The first-order valence-electron chi connectivity index (χ1n) is 14.7. The molecule has 6 unspecified atom stereocenters. The summed E-state index contributed by atoms with van der Waals surface area (Å²) in [6.45, 7) is 16.8. The quantitative estimate of drug-likeness (QED) is 0.144. The largest absolute Gasteiger partial charge is 0.337 e. The van der Waals surface area contributed by atoms with Gasteiger partial charge in [-0.2, -0.15) is 0 Å². The molecule has 3 aliphatic carbocycles. The highest BCUT2D eigenvalue weighted by molar-refractivity contribution is 6.59. The Kier molecular flexibility index (Phi) is 10.9. The Bertz CT molecular complexity index is 627. The molecule has 6 atom stereocenters. The summed E-state index contributed by atoms with van der Waals surface area (Å²) in [7, 11) is 0. The van der Waals surface area contributed by atoms with E-state index >= 15 is 0 Å². The van der Waals surface area contributed by atoms with Crippen LogP contribution in [-0.4, -0.2) is 23.7 Å². The van der Waals surface area contributed by atoms with E-state index in [1.165, 1.54) is 77.0 Å². The number of fused-ring (bicyclic) bond motifs is 1. The fourth-order valence-corrected chi connectivity index (χ4v) is 8.05. The monoisotopic (exact) mass is 451 g/mol. The van der Waals surface area contributed by atoms with Crippen molar-refractivity contribution in [3.63, 3.8) is 0 Å². The molecule has 2 fully saturated rings. The fraction of sp³-hybridized carbons (Fsp3) is 0.806.